The Balaban J connectivity index is 2.54. The van der Waals surface area contributed by atoms with Gasteiger partial charge in [0.05, 0.1) is 29.8 Å². The summed E-state index contributed by atoms with van der Waals surface area (Å²) in [4.78, 5) is 46.7. The fourth-order valence-corrected chi connectivity index (χ4v) is 2.40. The third-order valence-electron chi connectivity index (χ3n) is 3.48. The second-order valence-corrected chi connectivity index (χ2v) is 5.11. The molecule has 10 heteroatoms. The van der Waals surface area contributed by atoms with Crippen LogP contribution in [-0.2, 0) is 19.1 Å². The van der Waals surface area contributed by atoms with Crippen LogP contribution in [0.5, 0.6) is 0 Å². The lowest BCUT2D eigenvalue weighted by Crippen LogP contribution is -2.48. The Bertz CT molecular complexity index is 771. The Morgan fingerprint density at radius 2 is 1.69 bits per heavy atom. The molecule has 0 saturated heterocycles. The molecule has 10 nitrogen and oxygen atoms in total. The first-order chi connectivity index (χ1) is 12.4. The summed E-state index contributed by atoms with van der Waals surface area (Å²) in [5.74, 6) is -1.69. The fourth-order valence-electron chi connectivity index (χ4n) is 2.40. The molecule has 2 N–H and O–H groups in total. The number of ether oxygens (including phenoxy) is 2. The minimum atomic E-state index is -1.02. The van der Waals surface area contributed by atoms with E-state index in [2.05, 4.69) is 10.6 Å². The molecule has 0 spiro atoms. The van der Waals surface area contributed by atoms with Crippen molar-refractivity contribution in [2.75, 3.05) is 13.2 Å². The Hall–Kier alpha value is -3.43. The molecule has 1 aromatic carbocycles. The summed E-state index contributed by atoms with van der Waals surface area (Å²) in [5, 5.41) is 15.6. The summed E-state index contributed by atoms with van der Waals surface area (Å²) >= 11 is 0. The molecular weight excluding hydrogens is 346 g/mol. The molecule has 1 atom stereocenters. The zero-order valence-electron chi connectivity index (χ0n) is 14.1. The van der Waals surface area contributed by atoms with Crippen molar-refractivity contribution >= 4 is 23.7 Å². The van der Waals surface area contributed by atoms with E-state index in [1.807, 2.05) is 0 Å². The van der Waals surface area contributed by atoms with Gasteiger partial charge in [0.2, 0.25) is 0 Å². The summed E-state index contributed by atoms with van der Waals surface area (Å²) in [6, 6.07) is 3.49. The summed E-state index contributed by atoms with van der Waals surface area (Å²) in [6.07, 6.45) is 0. The van der Waals surface area contributed by atoms with Crippen molar-refractivity contribution in [3.63, 3.8) is 0 Å². The number of hydrogen-bond donors (Lipinski definition) is 2. The largest absolute Gasteiger partial charge is 0.463 e. The zero-order valence-corrected chi connectivity index (χ0v) is 14.1. The van der Waals surface area contributed by atoms with Crippen LogP contribution in [0.15, 0.2) is 35.5 Å². The highest BCUT2D eigenvalue weighted by atomic mass is 16.6. The summed E-state index contributed by atoms with van der Waals surface area (Å²) in [5.41, 5.74) is -0.243. The highest BCUT2D eigenvalue weighted by molar-refractivity contribution is 6.05. The van der Waals surface area contributed by atoms with E-state index in [-0.39, 0.29) is 30.2 Å². The average molecular weight is 363 g/mol. The van der Waals surface area contributed by atoms with E-state index in [9.17, 15) is 24.5 Å². The van der Waals surface area contributed by atoms with Gasteiger partial charge in [0.25, 0.3) is 5.69 Å². The van der Waals surface area contributed by atoms with Gasteiger partial charge in [-0.2, -0.15) is 0 Å². The maximum atomic E-state index is 12.4. The Morgan fingerprint density at radius 3 is 2.23 bits per heavy atom. The molecular formula is C16H17N3O7. The maximum Gasteiger partial charge on any atom is 0.355 e. The number of non-ortho nitro benzene ring substituents is 1. The van der Waals surface area contributed by atoms with Crippen LogP contribution in [0.25, 0.3) is 0 Å². The second-order valence-electron chi connectivity index (χ2n) is 5.11. The SMILES string of the molecule is CCOC(=O)C1=C(C(=O)OCC)C(c2ccc([N+](=O)[O-])cc2)NC(=O)N1. The van der Waals surface area contributed by atoms with Crippen LogP contribution in [0.4, 0.5) is 10.5 Å². The van der Waals surface area contributed by atoms with Crippen molar-refractivity contribution in [3.05, 3.63) is 51.2 Å². The molecule has 2 amide bonds. The highest BCUT2D eigenvalue weighted by Gasteiger charge is 2.37. The van der Waals surface area contributed by atoms with E-state index in [1.54, 1.807) is 13.8 Å². The molecule has 0 aliphatic carbocycles. The van der Waals surface area contributed by atoms with Gasteiger partial charge < -0.3 is 20.1 Å². The van der Waals surface area contributed by atoms with Gasteiger partial charge in [0.1, 0.15) is 5.70 Å². The number of benzene rings is 1. The molecule has 1 aliphatic rings. The minimum absolute atomic E-state index is 0.0456. The predicted octanol–water partition coefficient (Wildman–Crippen LogP) is 1.33. The number of hydrogen-bond acceptors (Lipinski definition) is 7. The molecule has 0 saturated carbocycles. The van der Waals surface area contributed by atoms with Crippen LogP contribution in [0, 0.1) is 10.1 Å². The van der Waals surface area contributed by atoms with Gasteiger partial charge in [-0.05, 0) is 31.5 Å². The molecule has 1 aromatic rings. The van der Waals surface area contributed by atoms with E-state index in [0.717, 1.165) is 0 Å². The normalized spacial score (nSPS) is 16.4. The van der Waals surface area contributed by atoms with Crippen LogP contribution >= 0.6 is 0 Å². The lowest BCUT2D eigenvalue weighted by molar-refractivity contribution is -0.384. The van der Waals surface area contributed by atoms with Crippen molar-refractivity contribution in [2.45, 2.75) is 19.9 Å². The van der Waals surface area contributed by atoms with Gasteiger partial charge in [0, 0.05) is 12.1 Å². The summed E-state index contributed by atoms with van der Waals surface area (Å²) in [6.45, 7) is 3.28. The van der Waals surface area contributed by atoms with E-state index in [1.165, 1.54) is 24.3 Å². The second kappa shape index (κ2) is 8.10. The zero-order chi connectivity index (χ0) is 19.3. The Morgan fingerprint density at radius 1 is 1.12 bits per heavy atom. The Labute approximate surface area is 148 Å². The Kier molecular flexibility index (Phi) is 5.89. The van der Waals surface area contributed by atoms with Gasteiger partial charge in [-0.3, -0.25) is 10.1 Å². The molecule has 1 unspecified atom stereocenters. The molecule has 2 rings (SSSR count). The smallest absolute Gasteiger partial charge is 0.355 e. The quantitative estimate of drug-likeness (QED) is 0.442. The first kappa shape index (κ1) is 18.9. The topological polar surface area (TPSA) is 137 Å². The average Bonchev–Trinajstić information content (AvgIpc) is 2.61. The monoisotopic (exact) mass is 363 g/mol. The molecule has 1 aliphatic heterocycles. The number of esters is 2. The fraction of sp³-hybridized carbons (Fsp3) is 0.312. The van der Waals surface area contributed by atoms with E-state index in [4.69, 9.17) is 9.47 Å². The molecule has 0 bridgehead atoms. The number of rotatable bonds is 6. The third kappa shape index (κ3) is 3.97. The van der Waals surface area contributed by atoms with Crippen molar-refractivity contribution in [2.24, 2.45) is 0 Å². The molecule has 138 valence electrons. The highest BCUT2D eigenvalue weighted by Crippen LogP contribution is 2.29. The van der Waals surface area contributed by atoms with E-state index >= 15 is 0 Å². The number of amides is 2. The number of nitro groups is 1. The summed E-state index contributed by atoms with van der Waals surface area (Å²) < 4.78 is 9.87. The molecule has 26 heavy (non-hydrogen) atoms. The molecule has 0 aromatic heterocycles. The maximum absolute atomic E-state index is 12.4. The summed E-state index contributed by atoms with van der Waals surface area (Å²) in [7, 11) is 0. The van der Waals surface area contributed by atoms with Gasteiger partial charge >= 0.3 is 18.0 Å². The number of nitrogens with one attached hydrogen (secondary N) is 2. The number of nitro benzene ring substituents is 1. The van der Waals surface area contributed by atoms with Crippen molar-refractivity contribution < 1.29 is 28.8 Å². The molecule has 0 radical (unpaired) electrons. The lowest BCUT2D eigenvalue weighted by atomic mass is 9.95. The first-order valence-electron chi connectivity index (χ1n) is 7.79. The minimum Gasteiger partial charge on any atom is -0.463 e. The number of carbonyl (C=O) groups excluding carboxylic acids is 3. The van der Waals surface area contributed by atoms with Gasteiger partial charge in [-0.1, -0.05) is 0 Å². The first-order valence-corrected chi connectivity index (χ1v) is 7.79. The number of nitrogens with zero attached hydrogens (tertiary/aromatic N) is 1. The number of carbonyl (C=O) groups is 3. The van der Waals surface area contributed by atoms with Crippen molar-refractivity contribution in [1.29, 1.82) is 0 Å². The van der Waals surface area contributed by atoms with Gasteiger partial charge in [-0.25, -0.2) is 14.4 Å². The van der Waals surface area contributed by atoms with Crippen LogP contribution in [-0.4, -0.2) is 36.1 Å². The lowest BCUT2D eigenvalue weighted by Gasteiger charge is -2.28. The molecule has 1 heterocycles. The van der Waals surface area contributed by atoms with E-state index < -0.39 is 28.9 Å². The number of urea groups is 1. The van der Waals surface area contributed by atoms with Gasteiger partial charge in [-0.15, -0.1) is 0 Å². The van der Waals surface area contributed by atoms with Gasteiger partial charge in [0.15, 0.2) is 0 Å². The van der Waals surface area contributed by atoms with Crippen LogP contribution in [0.1, 0.15) is 25.5 Å². The molecule has 0 fully saturated rings. The standard InChI is InChI=1S/C16H17N3O7/c1-3-25-14(20)11-12(9-5-7-10(8-6-9)19(23)24)17-16(22)18-13(11)15(21)26-4-2/h5-8,12H,3-4H2,1-2H3,(H2,17,18,22). The van der Waals surface area contributed by atoms with Crippen LogP contribution < -0.4 is 10.6 Å². The van der Waals surface area contributed by atoms with E-state index in [0.29, 0.717) is 5.56 Å². The third-order valence-corrected chi connectivity index (χ3v) is 3.48. The van der Waals surface area contributed by atoms with Crippen molar-refractivity contribution in [1.82, 2.24) is 10.6 Å². The van der Waals surface area contributed by atoms with Crippen molar-refractivity contribution in [3.8, 4) is 0 Å². The van der Waals surface area contributed by atoms with Crippen LogP contribution in [0.2, 0.25) is 0 Å². The van der Waals surface area contributed by atoms with Crippen LogP contribution in [0.3, 0.4) is 0 Å². The predicted molar refractivity (Wildman–Crippen MR) is 87.8 cm³/mol.